The summed E-state index contributed by atoms with van der Waals surface area (Å²) in [5.41, 5.74) is 6.26. The lowest BCUT2D eigenvalue weighted by Gasteiger charge is -2.07. The van der Waals surface area contributed by atoms with Gasteiger partial charge in [-0.1, -0.05) is 0 Å². The molecule has 20 heavy (non-hydrogen) atoms. The van der Waals surface area contributed by atoms with Crippen LogP contribution in [0, 0.1) is 0 Å². The second-order valence-electron chi connectivity index (χ2n) is 4.35. The number of nitrogens with one attached hydrogen (secondary N) is 1. The van der Waals surface area contributed by atoms with Gasteiger partial charge in [0.05, 0.1) is 19.3 Å². The fraction of sp³-hybridized carbons (Fsp3) is 0.267. The van der Waals surface area contributed by atoms with Gasteiger partial charge in [-0.25, -0.2) is 0 Å². The number of furan rings is 1. The Morgan fingerprint density at radius 3 is 2.75 bits per heavy atom. The number of anilines is 1. The van der Waals surface area contributed by atoms with E-state index in [4.69, 9.17) is 14.9 Å². The lowest BCUT2D eigenvalue weighted by Crippen LogP contribution is -2.26. The van der Waals surface area contributed by atoms with Crippen LogP contribution in [0.25, 0.3) is 0 Å². The third-order valence-corrected chi connectivity index (χ3v) is 2.75. The summed E-state index contributed by atoms with van der Waals surface area (Å²) in [7, 11) is 0. The number of amides is 1. The molecular weight excluding hydrogens is 256 g/mol. The molecule has 0 atom stereocenters. The Hall–Kier alpha value is -2.43. The Morgan fingerprint density at radius 1 is 1.25 bits per heavy atom. The molecule has 0 unspecified atom stereocenters. The van der Waals surface area contributed by atoms with Crippen molar-refractivity contribution in [1.29, 1.82) is 0 Å². The van der Waals surface area contributed by atoms with Crippen LogP contribution in [0.4, 0.5) is 5.69 Å². The topological polar surface area (TPSA) is 77.5 Å². The lowest BCUT2D eigenvalue weighted by atomic mass is 10.3. The van der Waals surface area contributed by atoms with Crippen molar-refractivity contribution < 1.29 is 13.9 Å². The van der Waals surface area contributed by atoms with Gasteiger partial charge >= 0.3 is 0 Å². The largest absolute Gasteiger partial charge is 0.493 e. The lowest BCUT2D eigenvalue weighted by molar-refractivity contribution is -0.121. The minimum atomic E-state index is -0.0352. The van der Waals surface area contributed by atoms with Gasteiger partial charge in [0, 0.05) is 18.7 Å². The smallest absolute Gasteiger partial charge is 0.223 e. The van der Waals surface area contributed by atoms with Crippen molar-refractivity contribution in [1.82, 2.24) is 5.32 Å². The third kappa shape index (κ3) is 4.68. The maximum absolute atomic E-state index is 11.6. The molecule has 1 amide bonds. The van der Waals surface area contributed by atoms with Crippen molar-refractivity contribution in [3.63, 3.8) is 0 Å². The van der Waals surface area contributed by atoms with Gasteiger partial charge in [-0.05, 0) is 36.4 Å². The number of nitrogens with two attached hydrogens (primary N) is 1. The number of benzene rings is 1. The summed E-state index contributed by atoms with van der Waals surface area (Å²) in [6, 6.07) is 10.8. The van der Waals surface area contributed by atoms with Gasteiger partial charge < -0.3 is 20.2 Å². The molecule has 2 aromatic rings. The molecule has 0 bridgehead atoms. The number of carbonyl (C=O) groups is 1. The van der Waals surface area contributed by atoms with Gasteiger partial charge in [0.25, 0.3) is 0 Å². The monoisotopic (exact) mass is 274 g/mol. The molecular formula is C15H18N2O3. The Balaban J connectivity index is 1.59. The van der Waals surface area contributed by atoms with E-state index in [-0.39, 0.29) is 5.91 Å². The van der Waals surface area contributed by atoms with Crippen LogP contribution in [0.5, 0.6) is 5.75 Å². The molecule has 0 fully saturated rings. The summed E-state index contributed by atoms with van der Waals surface area (Å²) < 4.78 is 10.6. The fourth-order valence-electron chi connectivity index (χ4n) is 1.69. The van der Waals surface area contributed by atoms with Gasteiger partial charge in [-0.15, -0.1) is 0 Å². The standard InChI is InChI=1S/C15H18N2O3/c16-12-3-5-14(6-4-12)20-11-8-15(18)17-9-7-13-2-1-10-19-13/h1-6,10H,7-9,11,16H2,(H,17,18). The van der Waals surface area contributed by atoms with E-state index in [2.05, 4.69) is 5.32 Å². The molecule has 1 aromatic heterocycles. The predicted octanol–water partition coefficient (Wildman–Crippen LogP) is 1.99. The zero-order valence-electron chi connectivity index (χ0n) is 11.2. The van der Waals surface area contributed by atoms with E-state index < -0.39 is 0 Å². The number of carbonyl (C=O) groups excluding carboxylic acids is 1. The van der Waals surface area contributed by atoms with Gasteiger partial charge in [0.1, 0.15) is 11.5 Å². The molecule has 106 valence electrons. The van der Waals surface area contributed by atoms with Crippen molar-refractivity contribution in [2.45, 2.75) is 12.8 Å². The summed E-state index contributed by atoms with van der Waals surface area (Å²) in [5, 5.41) is 2.82. The molecule has 1 aromatic carbocycles. The second kappa shape index (κ2) is 7.23. The van der Waals surface area contributed by atoms with E-state index in [0.717, 1.165) is 5.76 Å². The van der Waals surface area contributed by atoms with E-state index in [1.165, 1.54) is 0 Å². The molecule has 0 aliphatic rings. The highest BCUT2D eigenvalue weighted by Gasteiger charge is 2.02. The number of hydrogen-bond donors (Lipinski definition) is 2. The molecule has 3 N–H and O–H groups in total. The van der Waals surface area contributed by atoms with Crippen LogP contribution in [0.15, 0.2) is 47.1 Å². The fourth-order valence-corrected chi connectivity index (χ4v) is 1.69. The van der Waals surface area contributed by atoms with Crippen molar-refractivity contribution in [2.75, 3.05) is 18.9 Å². The molecule has 0 aliphatic carbocycles. The van der Waals surface area contributed by atoms with Crippen molar-refractivity contribution in [3.8, 4) is 5.75 Å². The highest BCUT2D eigenvalue weighted by molar-refractivity contribution is 5.75. The summed E-state index contributed by atoms with van der Waals surface area (Å²) >= 11 is 0. The maximum Gasteiger partial charge on any atom is 0.223 e. The Kier molecular flexibility index (Phi) is 5.06. The van der Waals surface area contributed by atoms with Crippen molar-refractivity contribution in [3.05, 3.63) is 48.4 Å². The zero-order valence-corrected chi connectivity index (χ0v) is 11.2. The zero-order chi connectivity index (χ0) is 14.2. The first-order chi connectivity index (χ1) is 9.74. The van der Waals surface area contributed by atoms with E-state index in [9.17, 15) is 4.79 Å². The van der Waals surface area contributed by atoms with Crippen LogP contribution in [-0.2, 0) is 11.2 Å². The van der Waals surface area contributed by atoms with Crippen LogP contribution >= 0.6 is 0 Å². The van der Waals surface area contributed by atoms with Crippen LogP contribution in [0.3, 0.4) is 0 Å². The van der Waals surface area contributed by atoms with Crippen molar-refractivity contribution >= 4 is 11.6 Å². The molecule has 5 nitrogen and oxygen atoms in total. The minimum absolute atomic E-state index is 0.0352. The summed E-state index contributed by atoms with van der Waals surface area (Å²) in [5.74, 6) is 1.54. The Bertz CT molecular complexity index is 521. The van der Waals surface area contributed by atoms with Crippen molar-refractivity contribution in [2.24, 2.45) is 0 Å². The first-order valence-electron chi connectivity index (χ1n) is 6.51. The number of ether oxygens (including phenoxy) is 1. The number of rotatable bonds is 7. The number of nitrogen functional groups attached to an aromatic ring is 1. The SMILES string of the molecule is Nc1ccc(OCCC(=O)NCCc2ccco2)cc1. The van der Waals surface area contributed by atoms with Gasteiger partial charge in [0.15, 0.2) is 0 Å². The molecule has 1 heterocycles. The third-order valence-electron chi connectivity index (χ3n) is 2.75. The van der Waals surface area contributed by atoms with E-state index in [0.29, 0.717) is 37.4 Å². The van der Waals surface area contributed by atoms with E-state index >= 15 is 0 Å². The summed E-state index contributed by atoms with van der Waals surface area (Å²) in [4.78, 5) is 11.6. The molecule has 0 saturated carbocycles. The average Bonchev–Trinajstić information content (AvgIpc) is 2.94. The Labute approximate surface area is 117 Å². The molecule has 0 spiro atoms. The summed E-state index contributed by atoms with van der Waals surface area (Å²) in [6.07, 6.45) is 2.64. The second-order valence-corrected chi connectivity index (χ2v) is 4.35. The minimum Gasteiger partial charge on any atom is -0.493 e. The van der Waals surface area contributed by atoms with Crippen LogP contribution in [-0.4, -0.2) is 19.1 Å². The first kappa shape index (κ1) is 14.0. The van der Waals surface area contributed by atoms with E-state index in [1.807, 2.05) is 12.1 Å². The first-order valence-corrected chi connectivity index (χ1v) is 6.51. The molecule has 0 radical (unpaired) electrons. The van der Waals surface area contributed by atoms with Gasteiger partial charge in [-0.3, -0.25) is 4.79 Å². The number of hydrogen-bond acceptors (Lipinski definition) is 4. The normalized spacial score (nSPS) is 10.2. The average molecular weight is 274 g/mol. The van der Waals surface area contributed by atoms with Gasteiger partial charge in [-0.2, -0.15) is 0 Å². The molecule has 0 aliphatic heterocycles. The highest BCUT2D eigenvalue weighted by Crippen LogP contribution is 2.13. The van der Waals surface area contributed by atoms with Crippen LogP contribution in [0.2, 0.25) is 0 Å². The molecule has 2 rings (SSSR count). The summed E-state index contributed by atoms with van der Waals surface area (Å²) in [6.45, 7) is 0.907. The van der Waals surface area contributed by atoms with Crippen LogP contribution in [0.1, 0.15) is 12.2 Å². The molecule has 5 heteroatoms. The predicted molar refractivity (Wildman–Crippen MR) is 76.4 cm³/mol. The molecule has 0 saturated heterocycles. The van der Waals surface area contributed by atoms with Gasteiger partial charge in [0.2, 0.25) is 5.91 Å². The highest BCUT2D eigenvalue weighted by atomic mass is 16.5. The Morgan fingerprint density at radius 2 is 2.05 bits per heavy atom. The quantitative estimate of drug-likeness (QED) is 0.757. The van der Waals surface area contributed by atoms with E-state index in [1.54, 1.807) is 30.5 Å². The maximum atomic E-state index is 11.6. The van der Waals surface area contributed by atoms with Crippen LogP contribution < -0.4 is 15.8 Å².